The summed E-state index contributed by atoms with van der Waals surface area (Å²) in [5.41, 5.74) is 0. The van der Waals surface area contributed by atoms with E-state index in [1.54, 1.807) is 0 Å². The molecule has 0 spiro atoms. The molecule has 1 heterocycles. The Morgan fingerprint density at radius 3 is 2.24 bits per heavy atom. The molecule has 1 atom stereocenters. The third kappa shape index (κ3) is 2.81. The first-order valence-electron chi connectivity index (χ1n) is 5.53. The molecular weight excluding hydrogens is 240 g/mol. The lowest BCUT2D eigenvalue weighted by Gasteiger charge is -2.36. The number of aliphatic hydroxyl groups excluding tert-OH is 2. The Morgan fingerprint density at radius 2 is 1.88 bits per heavy atom. The SMILES string of the molecule is CC(C)(C)[Si](C)(C)OC[C@@H]1OC(=O)C(O)=C1O. The van der Waals surface area contributed by atoms with Crippen LogP contribution in [0.2, 0.25) is 18.1 Å². The highest BCUT2D eigenvalue weighted by Gasteiger charge is 2.40. The highest BCUT2D eigenvalue weighted by molar-refractivity contribution is 6.74. The fourth-order valence-corrected chi connectivity index (χ4v) is 2.11. The number of hydrogen-bond donors (Lipinski definition) is 2. The minimum absolute atomic E-state index is 0.0387. The summed E-state index contributed by atoms with van der Waals surface area (Å²) in [6, 6.07) is 0. The molecule has 0 aromatic rings. The first-order chi connectivity index (χ1) is 7.56. The maximum absolute atomic E-state index is 11.0. The second kappa shape index (κ2) is 4.34. The molecule has 98 valence electrons. The van der Waals surface area contributed by atoms with Gasteiger partial charge < -0.3 is 19.4 Å². The van der Waals surface area contributed by atoms with E-state index in [9.17, 15) is 9.90 Å². The zero-order valence-electron chi connectivity index (χ0n) is 10.9. The highest BCUT2D eigenvalue weighted by Crippen LogP contribution is 2.37. The van der Waals surface area contributed by atoms with E-state index in [2.05, 4.69) is 33.9 Å². The number of ether oxygens (including phenoxy) is 1. The van der Waals surface area contributed by atoms with Crippen molar-refractivity contribution in [2.45, 2.75) is 45.0 Å². The van der Waals surface area contributed by atoms with Crippen molar-refractivity contribution >= 4 is 14.3 Å². The third-order valence-electron chi connectivity index (χ3n) is 3.39. The summed E-state index contributed by atoms with van der Waals surface area (Å²) in [7, 11) is -1.95. The van der Waals surface area contributed by atoms with Crippen molar-refractivity contribution in [1.82, 2.24) is 0 Å². The lowest BCUT2D eigenvalue weighted by atomic mass is 10.2. The minimum Gasteiger partial charge on any atom is -0.505 e. The van der Waals surface area contributed by atoms with Crippen LogP contribution in [0.15, 0.2) is 11.5 Å². The van der Waals surface area contributed by atoms with Crippen molar-refractivity contribution < 1.29 is 24.2 Å². The van der Waals surface area contributed by atoms with Crippen LogP contribution >= 0.6 is 0 Å². The second-order valence-electron chi connectivity index (χ2n) is 5.70. The summed E-state index contributed by atoms with van der Waals surface area (Å²) in [6.45, 7) is 10.5. The van der Waals surface area contributed by atoms with Crippen molar-refractivity contribution in [3.63, 3.8) is 0 Å². The maximum Gasteiger partial charge on any atom is 0.377 e. The number of aliphatic hydroxyl groups is 2. The Hall–Kier alpha value is -1.01. The van der Waals surface area contributed by atoms with Crippen LogP contribution in [0.4, 0.5) is 0 Å². The van der Waals surface area contributed by atoms with Gasteiger partial charge in [0.05, 0.1) is 6.61 Å². The highest BCUT2D eigenvalue weighted by atomic mass is 28.4. The van der Waals surface area contributed by atoms with E-state index in [1.807, 2.05) is 0 Å². The predicted octanol–water partition coefficient (Wildman–Crippen LogP) is 2.26. The van der Waals surface area contributed by atoms with Crippen molar-refractivity contribution in [2.24, 2.45) is 0 Å². The van der Waals surface area contributed by atoms with Gasteiger partial charge in [0.25, 0.3) is 0 Å². The van der Waals surface area contributed by atoms with Gasteiger partial charge in [-0.25, -0.2) is 4.79 Å². The standard InChI is InChI=1S/C11H20O5Si/c1-11(2,3)17(4,5)15-6-7-8(12)9(13)10(14)16-7/h7,12-13H,6H2,1-5H3/t7-/m0/s1. The third-order valence-corrected chi connectivity index (χ3v) is 7.89. The van der Waals surface area contributed by atoms with Gasteiger partial charge in [-0.1, -0.05) is 20.8 Å². The van der Waals surface area contributed by atoms with E-state index in [4.69, 9.17) is 14.3 Å². The largest absolute Gasteiger partial charge is 0.505 e. The van der Waals surface area contributed by atoms with Crippen molar-refractivity contribution in [3.05, 3.63) is 11.5 Å². The normalized spacial score (nSPS) is 21.9. The Labute approximate surface area is 102 Å². The maximum atomic E-state index is 11.0. The van der Waals surface area contributed by atoms with E-state index < -0.39 is 31.9 Å². The summed E-state index contributed by atoms with van der Waals surface area (Å²) in [4.78, 5) is 11.0. The van der Waals surface area contributed by atoms with Crippen LogP contribution in [-0.2, 0) is 14.0 Å². The topological polar surface area (TPSA) is 76.0 Å². The Morgan fingerprint density at radius 1 is 1.35 bits per heavy atom. The molecule has 5 nitrogen and oxygen atoms in total. The zero-order valence-corrected chi connectivity index (χ0v) is 11.9. The molecule has 0 fully saturated rings. The van der Waals surface area contributed by atoms with Gasteiger partial charge in [-0.15, -0.1) is 0 Å². The van der Waals surface area contributed by atoms with Gasteiger partial charge in [0, 0.05) is 0 Å². The van der Waals surface area contributed by atoms with Crippen LogP contribution in [0.25, 0.3) is 0 Å². The van der Waals surface area contributed by atoms with Gasteiger partial charge in [-0.3, -0.25) is 0 Å². The predicted molar refractivity (Wildman–Crippen MR) is 65.3 cm³/mol. The van der Waals surface area contributed by atoms with E-state index in [0.29, 0.717) is 0 Å². The molecule has 0 saturated carbocycles. The molecule has 0 bridgehead atoms. The lowest BCUT2D eigenvalue weighted by Crippen LogP contribution is -2.43. The summed E-state index contributed by atoms with van der Waals surface area (Å²) >= 11 is 0. The second-order valence-corrected chi connectivity index (χ2v) is 10.5. The van der Waals surface area contributed by atoms with Gasteiger partial charge in [-0.2, -0.15) is 0 Å². The molecule has 0 aromatic carbocycles. The molecule has 6 heteroatoms. The van der Waals surface area contributed by atoms with Crippen LogP contribution in [-0.4, -0.2) is 37.2 Å². The van der Waals surface area contributed by atoms with Gasteiger partial charge in [-0.05, 0) is 18.1 Å². The van der Waals surface area contributed by atoms with E-state index >= 15 is 0 Å². The fourth-order valence-electron chi connectivity index (χ4n) is 1.11. The molecule has 0 aliphatic carbocycles. The minimum atomic E-state index is -1.95. The Balaban J connectivity index is 2.63. The van der Waals surface area contributed by atoms with Crippen LogP contribution in [0.5, 0.6) is 0 Å². The van der Waals surface area contributed by atoms with Crippen LogP contribution in [0.3, 0.4) is 0 Å². The molecule has 17 heavy (non-hydrogen) atoms. The molecule has 0 amide bonds. The summed E-state index contributed by atoms with van der Waals surface area (Å²) < 4.78 is 10.6. The summed E-state index contributed by atoms with van der Waals surface area (Å²) in [6.07, 6.45) is -0.878. The molecule has 0 aromatic heterocycles. The zero-order chi connectivity index (χ0) is 13.4. The van der Waals surface area contributed by atoms with E-state index in [1.165, 1.54) is 0 Å². The quantitative estimate of drug-likeness (QED) is 0.601. The van der Waals surface area contributed by atoms with Crippen LogP contribution < -0.4 is 0 Å². The van der Waals surface area contributed by atoms with Crippen molar-refractivity contribution in [3.8, 4) is 0 Å². The Bertz CT molecular complexity index is 353. The first kappa shape index (κ1) is 14.0. The van der Waals surface area contributed by atoms with Crippen LogP contribution in [0, 0.1) is 0 Å². The number of carbonyl (C=O) groups excluding carboxylic acids is 1. The number of rotatable bonds is 3. The summed E-state index contributed by atoms with van der Waals surface area (Å²) in [5.74, 6) is -2.05. The molecule has 2 N–H and O–H groups in total. The van der Waals surface area contributed by atoms with Crippen molar-refractivity contribution in [2.75, 3.05) is 6.61 Å². The number of hydrogen-bond acceptors (Lipinski definition) is 5. The molecular formula is C11H20O5Si. The molecule has 0 radical (unpaired) electrons. The average molecular weight is 260 g/mol. The van der Waals surface area contributed by atoms with E-state index in [0.717, 1.165) is 0 Å². The smallest absolute Gasteiger partial charge is 0.377 e. The number of esters is 1. The number of carbonyl (C=O) groups is 1. The van der Waals surface area contributed by atoms with Gasteiger partial charge in [0.15, 0.2) is 20.2 Å². The monoisotopic (exact) mass is 260 g/mol. The van der Waals surface area contributed by atoms with Gasteiger partial charge >= 0.3 is 5.97 Å². The molecule has 1 rings (SSSR count). The Kier molecular flexibility index (Phi) is 3.59. The fraction of sp³-hybridized carbons (Fsp3) is 0.727. The van der Waals surface area contributed by atoms with Gasteiger partial charge in [0.1, 0.15) is 0 Å². The van der Waals surface area contributed by atoms with E-state index in [-0.39, 0.29) is 11.6 Å². The summed E-state index contributed by atoms with van der Waals surface area (Å²) in [5, 5.41) is 18.6. The average Bonchev–Trinajstić information content (AvgIpc) is 2.41. The lowest BCUT2D eigenvalue weighted by molar-refractivity contribution is -0.143. The number of cyclic esters (lactones) is 1. The first-order valence-corrected chi connectivity index (χ1v) is 8.44. The van der Waals surface area contributed by atoms with Crippen molar-refractivity contribution in [1.29, 1.82) is 0 Å². The molecule has 0 saturated heterocycles. The van der Waals surface area contributed by atoms with Crippen LogP contribution in [0.1, 0.15) is 20.8 Å². The molecule has 1 aliphatic rings. The van der Waals surface area contributed by atoms with Gasteiger partial charge in [0.2, 0.25) is 5.76 Å². The molecule has 1 aliphatic heterocycles. The molecule has 0 unspecified atom stereocenters.